The van der Waals surface area contributed by atoms with Crippen molar-refractivity contribution in [1.82, 2.24) is 5.32 Å². The van der Waals surface area contributed by atoms with Gasteiger partial charge in [0.05, 0.1) is 0 Å². The number of aliphatic hydroxyl groups is 1. The summed E-state index contributed by atoms with van der Waals surface area (Å²) in [6.45, 7) is 1.65. The molecule has 0 saturated heterocycles. The van der Waals surface area contributed by atoms with E-state index in [0.717, 1.165) is 0 Å². The number of nitrogens with one attached hydrogen (secondary N) is 1. The molecule has 0 heterocycles. The van der Waals surface area contributed by atoms with Crippen LogP contribution in [0.5, 0.6) is 0 Å². The molecule has 15 heavy (non-hydrogen) atoms. The topological polar surface area (TPSA) is 66.4 Å². The summed E-state index contributed by atoms with van der Waals surface area (Å²) < 4.78 is 0. The summed E-state index contributed by atoms with van der Waals surface area (Å²) >= 11 is 0. The predicted molar refractivity (Wildman–Crippen MR) is 55.2 cm³/mol. The van der Waals surface area contributed by atoms with E-state index < -0.39 is 12.0 Å². The van der Waals surface area contributed by atoms with Gasteiger partial charge in [-0.2, -0.15) is 0 Å². The molecule has 0 unspecified atom stereocenters. The van der Waals surface area contributed by atoms with Crippen LogP contribution in [0.25, 0.3) is 0 Å². The molecule has 0 aliphatic rings. The van der Waals surface area contributed by atoms with Crippen molar-refractivity contribution in [2.45, 2.75) is 19.6 Å². The zero-order valence-electron chi connectivity index (χ0n) is 8.43. The van der Waals surface area contributed by atoms with Gasteiger partial charge in [0.15, 0.2) is 6.23 Å². The first-order chi connectivity index (χ1) is 7.15. The second-order valence-corrected chi connectivity index (χ2v) is 3.05. The molecule has 0 aliphatic carbocycles. The number of amides is 1. The van der Waals surface area contributed by atoms with Crippen LogP contribution in [0.1, 0.15) is 23.7 Å². The highest BCUT2D eigenvalue weighted by Crippen LogP contribution is 2.02. The van der Waals surface area contributed by atoms with E-state index in [4.69, 9.17) is 0 Å². The summed E-state index contributed by atoms with van der Waals surface area (Å²) in [7, 11) is 0. The summed E-state index contributed by atoms with van der Waals surface area (Å²) in [4.78, 5) is 22.5. The first-order valence-corrected chi connectivity index (χ1v) is 4.72. The molecule has 0 spiro atoms. The summed E-state index contributed by atoms with van der Waals surface area (Å²) in [6, 6.07) is 8.34. The van der Waals surface area contributed by atoms with E-state index in [1.807, 2.05) is 0 Å². The molecule has 0 bridgehead atoms. The third kappa shape index (κ3) is 3.18. The second kappa shape index (κ2) is 5.26. The molecule has 1 aromatic carbocycles. The standard InChI is InChI=1S/C11H13NO3/c1-2-9(13)12-11(15)10(14)8-6-4-3-5-7-8/h3-7,11,15H,2H2,1H3,(H,12,13)/t11-/m0/s1. The molecule has 1 atom stereocenters. The molecule has 0 fully saturated rings. The van der Waals surface area contributed by atoms with Crippen molar-refractivity contribution in [3.05, 3.63) is 35.9 Å². The van der Waals surface area contributed by atoms with E-state index in [2.05, 4.69) is 5.32 Å². The Balaban J connectivity index is 2.65. The van der Waals surface area contributed by atoms with Gasteiger partial charge in [-0.3, -0.25) is 9.59 Å². The monoisotopic (exact) mass is 207 g/mol. The zero-order chi connectivity index (χ0) is 11.3. The average Bonchev–Trinajstić information content (AvgIpc) is 2.29. The number of benzene rings is 1. The summed E-state index contributed by atoms with van der Waals surface area (Å²) in [5.74, 6) is -0.857. The number of Topliss-reactive ketones (excluding diaryl/α,β-unsaturated/α-hetero) is 1. The van der Waals surface area contributed by atoms with Crippen molar-refractivity contribution >= 4 is 11.7 Å². The third-order valence-corrected chi connectivity index (χ3v) is 1.93. The lowest BCUT2D eigenvalue weighted by molar-refractivity contribution is -0.123. The fourth-order valence-corrected chi connectivity index (χ4v) is 1.08. The number of hydrogen-bond acceptors (Lipinski definition) is 3. The molecule has 4 nitrogen and oxygen atoms in total. The van der Waals surface area contributed by atoms with Crippen molar-refractivity contribution in [2.75, 3.05) is 0 Å². The summed E-state index contributed by atoms with van der Waals surface area (Å²) in [5.41, 5.74) is 0.376. The smallest absolute Gasteiger partial charge is 0.222 e. The van der Waals surface area contributed by atoms with Crippen LogP contribution in [0.4, 0.5) is 0 Å². The quantitative estimate of drug-likeness (QED) is 0.564. The molecule has 1 amide bonds. The van der Waals surface area contributed by atoms with Gasteiger partial charge in [0.25, 0.3) is 0 Å². The van der Waals surface area contributed by atoms with Crippen LogP contribution in [-0.4, -0.2) is 23.0 Å². The second-order valence-electron chi connectivity index (χ2n) is 3.05. The van der Waals surface area contributed by atoms with Crippen molar-refractivity contribution in [3.8, 4) is 0 Å². The zero-order valence-corrected chi connectivity index (χ0v) is 8.43. The van der Waals surface area contributed by atoms with Gasteiger partial charge >= 0.3 is 0 Å². The lowest BCUT2D eigenvalue weighted by Gasteiger charge is -2.10. The van der Waals surface area contributed by atoms with Gasteiger partial charge in [0.2, 0.25) is 11.7 Å². The van der Waals surface area contributed by atoms with E-state index in [0.29, 0.717) is 5.56 Å². The number of rotatable bonds is 4. The number of hydrogen-bond donors (Lipinski definition) is 2. The summed E-state index contributed by atoms with van der Waals surface area (Å²) in [5, 5.41) is 11.6. The van der Waals surface area contributed by atoms with E-state index in [-0.39, 0.29) is 12.3 Å². The Kier molecular flexibility index (Phi) is 4.00. The molecule has 1 rings (SSSR count). The van der Waals surface area contributed by atoms with Crippen LogP contribution < -0.4 is 5.32 Å². The molecular formula is C11H13NO3. The first kappa shape index (κ1) is 11.4. The fraction of sp³-hybridized carbons (Fsp3) is 0.273. The van der Waals surface area contributed by atoms with Gasteiger partial charge in [-0.1, -0.05) is 37.3 Å². The third-order valence-electron chi connectivity index (χ3n) is 1.93. The van der Waals surface area contributed by atoms with Gasteiger partial charge in [-0.05, 0) is 0 Å². The molecule has 80 valence electrons. The SMILES string of the molecule is CCC(=O)N[C@@H](O)C(=O)c1ccccc1. The van der Waals surface area contributed by atoms with Gasteiger partial charge in [0, 0.05) is 12.0 Å². The number of carbonyl (C=O) groups is 2. The van der Waals surface area contributed by atoms with Crippen molar-refractivity contribution in [3.63, 3.8) is 0 Å². The Morgan fingerprint density at radius 3 is 2.47 bits per heavy atom. The summed E-state index contributed by atoms with van der Waals surface area (Å²) in [6.07, 6.45) is -1.22. The number of aliphatic hydroxyl groups excluding tert-OH is 1. The van der Waals surface area contributed by atoms with Gasteiger partial charge in [-0.25, -0.2) is 0 Å². The maximum Gasteiger partial charge on any atom is 0.222 e. The Morgan fingerprint density at radius 1 is 1.33 bits per heavy atom. The number of ketones is 1. The minimum atomic E-state index is -1.46. The Morgan fingerprint density at radius 2 is 1.93 bits per heavy atom. The van der Waals surface area contributed by atoms with Crippen LogP contribution in [0.3, 0.4) is 0 Å². The Labute approximate surface area is 87.9 Å². The molecular weight excluding hydrogens is 194 g/mol. The average molecular weight is 207 g/mol. The molecule has 1 aromatic rings. The van der Waals surface area contributed by atoms with Crippen LogP contribution in [-0.2, 0) is 4.79 Å². The fourth-order valence-electron chi connectivity index (χ4n) is 1.08. The highest BCUT2D eigenvalue weighted by atomic mass is 16.3. The normalized spacial score (nSPS) is 11.9. The van der Waals surface area contributed by atoms with Crippen LogP contribution in [0.15, 0.2) is 30.3 Å². The van der Waals surface area contributed by atoms with Crippen molar-refractivity contribution < 1.29 is 14.7 Å². The van der Waals surface area contributed by atoms with Gasteiger partial charge in [0.1, 0.15) is 0 Å². The van der Waals surface area contributed by atoms with Crippen molar-refractivity contribution in [1.29, 1.82) is 0 Å². The van der Waals surface area contributed by atoms with E-state index in [1.165, 1.54) is 0 Å². The minimum Gasteiger partial charge on any atom is -0.367 e. The molecule has 4 heteroatoms. The van der Waals surface area contributed by atoms with E-state index in [9.17, 15) is 14.7 Å². The first-order valence-electron chi connectivity index (χ1n) is 4.72. The largest absolute Gasteiger partial charge is 0.367 e. The lowest BCUT2D eigenvalue weighted by atomic mass is 10.1. The highest BCUT2D eigenvalue weighted by Gasteiger charge is 2.17. The van der Waals surface area contributed by atoms with Crippen LogP contribution in [0.2, 0.25) is 0 Å². The Hall–Kier alpha value is -1.68. The molecule has 2 N–H and O–H groups in total. The molecule has 0 radical (unpaired) electrons. The Bertz CT molecular complexity index is 348. The van der Waals surface area contributed by atoms with Gasteiger partial charge in [-0.15, -0.1) is 0 Å². The van der Waals surface area contributed by atoms with E-state index >= 15 is 0 Å². The van der Waals surface area contributed by atoms with Crippen LogP contribution >= 0.6 is 0 Å². The molecule has 0 aliphatic heterocycles. The van der Waals surface area contributed by atoms with Crippen molar-refractivity contribution in [2.24, 2.45) is 0 Å². The minimum absolute atomic E-state index is 0.235. The van der Waals surface area contributed by atoms with Gasteiger partial charge < -0.3 is 10.4 Å². The maximum atomic E-state index is 11.5. The predicted octanol–water partition coefficient (Wildman–Crippen LogP) is 0.714. The maximum absolute atomic E-state index is 11.5. The lowest BCUT2D eigenvalue weighted by Crippen LogP contribution is -2.40. The van der Waals surface area contributed by atoms with Crippen LogP contribution in [0, 0.1) is 0 Å². The molecule has 0 saturated carbocycles. The highest BCUT2D eigenvalue weighted by molar-refractivity contribution is 6.00. The van der Waals surface area contributed by atoms with E-state index in [1.54, 1.807) is 37.3 Å². The number of carbonyl (C=O) groups excluding carboxylic acids is 2. The molecule has 0 aromatic heterocycles.